The molecule has 4 aliphatic rings. The molecule has 2 N–H and O–H groups in total. The quantitative estimate of drug-likeness (QED) is 0.871. The topological polar surface area (TPSA) is 30.9 Å². The van der Waals surface area contributed by atoms with Crippen LogP contribution in [0.25, 0.3) is 0 Å². The van der Waals surface area contributed by atoms with Crippen molar-refractivity contribution in [1.82, 2.24) is 4.57 Å². The van der Waals surface area contributed by atoms with Crippen LogP contribution in [0, 0.1) is 17.8 Å². The molecule has 2 heteroatoms. The Labute approximate surface area is 110 Å². The van der Waals surface area contributed by atoms with E-state index in [0.29, 0.717) is 5.54 Å². The molecule has 0 atom stereocenters. The van der Waals surface area contributed by atoms with Gasteiger partial charge in [0.15, 0.2) is 0 Å². The second-order valence-electron chi connectivity index (χ2n) is 7.05. The molecular weight excluding hydrogens is 220 g/mol. The molecule has 4 fully saturated rings. The summed E-state index contributed by atoms with van der Waals surface area (Å²) in [6.45, 7) is 0.774. The third kappa shape index (κ3) is 1.51. The van der Waals surface area contributed by atoms with Crippen LogP contribution >= 0.6 is 0 Å². The van der Waals surface area contributed by atoms with Gasteiger partial charge in [0.25, 0.3) is 0 Å². The lowest BCUT2D eigenvalue weighted by Crippen LogP contribution is -2.52. The van der Waals surface area contributed by atoms with Crippen LogP contribution in [-0.4, -0.2) is 11.1 Å². The summed E-state index contributed by atoms with van der Waals surface area (Å²) < 4.78 is 2.63. The monoisotopic (exact) mass is 244 g/mol. The fraction of sp³-hybridized carbons (Fsp3) is 0.750. The highest BCUT2D eigenvalue weighted by atomic mass is 15.1. The summed E-state index contributed by atoms with van der Waals surface area (Å²) >= 11 is 0. The van der Waals surface area contributed by atoms with Crippen LogP contribution in [-0.2, 0) is 12.0 Å². The Morgan fingerprint density at radius 3 is 2.28 bits per heavy atom. The molecule has 0 amide bonds. The molecule has 0 unspecified atom stereocenters. The first kappa shape index (κ1) is 11.1. The lowest BCUT2D eigenvalue weighted by atomic mass is 9.53. The Balaban J connectivity index is 1.72. The van der Waals surface area contributed by atoms with E-state index in [1.54, 1.807) is 0 Å². The Kier molecular flexibility index (Phi) is 2.38. The first-order chi connectivity index (χ1) is 8.79. The highest BCUT2D eigenvalue weighted by Crippen LogP contribution is 2.59. The molecule has 4 bridgehead atoms. The summed E-state index contributed by atoms with van der Waals surface area (Å²) in [4.78, 5) is 0. The summed E-state index contributed by atoms with van der Waals surface area (Å²) in [5, 5.41) is 0. The van der Waals surface area contributed by atoms with Crippen molar-refractivity contribution in [3.05, 3.63) is 24.0 Å². The molecule has 4 saturated carbocycles. The van der Waals surface area contributed by atoms with Gasteiger partial charge in [0, 0.05) is 17.4 Å². The summed E-state index contributed by atoms with van der Waals surface area (Å²) in [7, 11) is 0. The van der Waals surface area contributed by atoms with Crippen molar-refractivity contribution in [1.29, 1.82) is 0 Å². The molecule has 0 aliphatic heterocycles. The number of aromatic nitrogens is 1. The van der Waals surface area contributed by atoms with Crippen LogP contribution in [0.5, 0.6) is 0 Å². The van der Waals surface area contributed by atoms with Crippen molar-refractivity contribution >= 4 is 0 Å². The van der Waals surface area contributed by atoms with Crippen molar-refractivity contribution in [3.8, 4) is 0 Å². The van der Waals surface area contributed by atoms with E-state index in [1.807, 2.05) is 0 Å². The van der Waals surface area contributed by atoms with E-state index in [2.05, 4.69) is 22.9 Å². The minimum absolute atomic E-state index is 0.475. The van der Waals surface area contributed by atoms with Gasteiger partial charge >= 0.3 is 0 Å². The summed E-state index contributed by atoms with van der Waals surface area (Å²) in [6, 6.07) is 4.51. The van der Waals surface area contributed by atoms with E-state index in [9.17, 15) is 0 Å². The average molecular weight is 244 g/mol. The van der Waals surface area contributed by atoms with Gasteiger partial charge in [-0.05, 0) is 81.4 Å². The SMILES string of the molecule is NCCc1cccn1C12CC3CC(CC(C3)C1)C2. The normalized spacial score (nSPS) is 41.5. The van der Waals surface area contributed by atoms with Gasteiger partial charge in [0.1, 0.15) is 0 Å². The van der Waals surface area contributed by atoms with Gasteiger partial charge in [-0.3, -0.25) is 0 Å². The Morgan fingerprint density at radius 2 is 1.72 bits per heavy atom. The van der Waals surface area contributed by atoms with E-state index in [-0.39, 0.29) is 0 Å². The maximum Gasteiger partial charge on any atom is 0.0450 e. The van der Waals surface area contributed by atoms with Crippen LogP contribution < -0.4 is 5.73 Å². The minimum Gasteiger partial charge on any atom is -0.345 e. The van der Waals surface area contributed by atoms with Crippen molar-refractivity contribution < 1.29 is 0 Å². The molecule has 0 spiro atoms. The van der Waals surface area contributed by atoms with Crippen molar-refractivity contribution in [3.63, 3.8) is 0 Å². The minimum atomic E-state index is 0.475. The van der Waals surface area contributed by atoms with Gasteiger partial charge in [-0.15, -0.1) is 0 Å². The van der Waals surface area contributed by atoms with Gasteiger partial charge in [-0.25, -0.2) is 0 Å². The molecule has 1 heterocycles. The predicted octanol–water partition coefficient (Wildman–Crippen LogP) is 2.91. The van der Waals surface area contributed by atoms with Crippen molar-refractivity contribution in [2.24, 2.45) is 23.5 Å². The van der Waals surface area contributed by atoms with Crippen LogP contribution in [0.1, 0.15) is 44.2 Å². The van der Waals surface area contributed by atoms with Gasteiger partial charge in [-0.2, -0.15) is 0 Å². The van der Waals surface area contributed by atoms with Gasteiger partial charge in [0.05, 0.1) is 0 Å². The lowest BCUT2D eigenvalue weighted by Gasteiger charge is -2.57. The molecular formula is C16H24N2. The number of hydrogen-bond acceptors (Lipinski definition) is 1. The van der Waals surface area contributed by atoms with Gasteiger partial charge < -0.3 is 10.3 Å². The molecule has 2 nitrogen and oxygen atoms in total. The van der Waals surface area contributed by atoms with Gasteiger partial charge in [-0.1, -0.05) is 0 Å². The summed E-state index contributed by atoms with van der Waals surface area (Å²) in [6.07, 6.45) is 12.2. The number of nitrogens with zero attached hydrogens (tertiary/aromatic N) is 1. The fourth-order valence-electron chi connectivity index (χ4n) is 5.59. The van der Waals surface area contributed by atoms with Crippen LogP contribution in [0.4, 0.5) is 0 Å². The smallest absolute Gasteiger partial charge is 0.0450 e. The number of nitrogens with two attached hydrogens (primary N) is 1. The summed E-state index contributed by atoms with van der Waals surface area (Å²) in [5.41, 5.74) is 7.71. The second kappa shape index (κ2) is 3.86. The summed E-state index contributed by atoms with van der Waals surface area (Å²) in [5.74, 6) is 3.05. The number of hydrogen-bond donors (Lipinski definition) is 1. The molecule has 1 aromatic heterocycles. The molecule has 1 aromatic rings. The molecule has 0 radical (unpaired) electrons. The zero-order chi connectivity index (χ0) is 12.2. The van der Waals surface area contributed by atoms with E-state index in [0.717, 1.165) is 30.7 Å². The third-order valence-electron chi connectivity index (χ3n) is 5.75. The van der Waals surface area contributed by atoms with E-state index < -0.39 is 0 Å². The molecule has 0 aromatic carbocycles. The number of rotatable bonds is 3. The zero-order valence-corrected chi connectivity index (χ0v) is 11.1. The molecule has 98 valence electrons. The first-order valence-corrected chi connectivity index (χ1v) is 7.66. The van der Waals surface area contributed by atoms with Crippen LogP contribution in [0.3, 0.4) is 0 Å². The standard InChI is InChI=1S/C16H24N2/c17-4-3-15-2-1-5-18(15)16-9-12-6-13(10-16)8-14(7-12)11-16/h1-2,5,12-14H,3-4,6-11,17H2. The predicted molar refractivity (Wildman–Crippen MR) is 73.3 cm³/mol. The Morgan fingerprint density at radius 1 is 1.11 bits per heavy atom. The van der Waals surface area contributed by atoms with Crippen LogP contribution in [0.2, 0.25) is 0 Å². The van der Waals surface area contributed by atoms with Crippen molar-refractivity contribution in [2.45, 2.75) is 50.5 Å². The fourth-order valence-corrected chi connectivity index (χ4v) is 5.59. The largest absolute Gasteiger partial charge is 0.345 e. The zero-order valence-electron chi connectivity index (χ0n) is 11.1. The average Bonchev–Trinajstić information content (AvgIpc) is 2.76. The van der Waals surface area contributed by atoms with Crippen LogP contribution in [0.15, 0.2) is 18.3 Å². The first-order valence-electron chi connectivity index (χ1n) is 7.66. The van der Waals surface area contributed by atoms with E-state index in [4.69, 9.17) is 5.73 Å². The molecule has 5 rings (SSSR count). The maximum atomic E-state index is 5.77. The third-order valence-corrected chi connectivity index (χ3v) is 5.75. The molecule has 0 saturated heterocycles. The Hall–Kier alpha value is -0.760. The second-order valence-corrected chi connectivity index (χ2v) is 7.05. The molecule has 18 heavy (non-hydrogen) atoms. The van der Waals surface area contributed by atoms with Crippen molar-refractivity contribution in [2.75, 3.05) is 6.54 Å². The van der Waals surface area contributed by atoms with E-state index in [1.165, 1.54) is 44.2 Å². The molecule has 4 aliphatic carbocycles. The highest BCUT2D eigenvalue weighted by molar-refractivity contribution is 5.16. The lowest BCUT2D eigenvalue weighted by molar-refractivity contribution is -0.0440. The van der Waals surface area contributed by atoms with E-state index >= 15 is 0 Å². The maximum absolute atomic E-state index is 5.77. The highest BCUT2D eigenvalue weighted by Gasteiger charge is 2.51. The van der Waals surface area contributed by atoms with Gasteiger partial charge in [0.2, 0.25) is 0 Å². The Bertz CT molecular complexity index is 410.